The van der Waals surface area contributed by atoms with Gasteiger partial charge in [0, 0.05) is 11.3 Å². The molecule has 0 saturated carbocycles. The van der Waals surface area contributed by atoms with Crippen LogP contribution < -0.4 is 10.6 Å². The Balaban J connectivity index is 1.38. The van der Waals surface area contributed by atoms with Crippen molar-refractivity contribution in [3.8, 4) is 11.1 Å². The van der Waals surface area contributed by atoms with Crippen LogP contribution in [0.4, 0.5) is 9.93 Å². The molecule has 2 aromatic carbocycles. The van der Waals surface area contributed by atoms with Crippen LogP contribution in [-0.2, 0) is 9.53 Å². The SMILES string of the molecule is CCC(C)(NC(=O)c1csc(NC(=O)OCC2c3ccccc3-c3ccccc32)n1)C(=O)O. The largest absolute Gasteiger partial charge is 0.480 e. The first kappa shape index (κ1) is 22.5. The molecular formula is C24H23N3O5S. The number of rotatable bonds is 7. The van der Waals surface area contributed by atoms with Gasteiger partial charge in [-0.1, -0.05) is 55.5 Å². The van der Waals surface area contributed by atoms with E-state index in [1.54, 1.807) is 6.92 Å². The Morgan fingerprint density at radius 3 is 2.27 bits per heavy atom. The van der Waals surface area contributed by atoms with E-state index in [1.165, 1.54) is 12.3 Å². The molecule has 33 heavy (non-hydrogen) atoms. The first-order valence-electron chi connectivity index (χ1n) is 10.5. The van der Waals surface area contributed by atoms with Crippen molar-refractivity contribution in [2.24, 2.45) is 0 Å². The lowest BCUT2D eigenvalue weighted by Gasteiger charge is -2.23. The standard InChI is InChI=1S/C24H23N3O5S/c1-3-24(2,21(29)30)27-20(28)19-13-33-22(25-19)26-23(31)32-12-18-16-10-6-4-8-14(16)15-9-5-7-11-17(15)18/h4-11,13,18H,3,12H2,1-2H3,(H,27,28)(H,29,30)(H,25,26,31). The number of fused-ring (bicyclic) bond motifs is 3. The number of carboxylic acid groups (broad SMARTS) is 1. The lowest BCUT2D eigenvalue weighted by Crippen LogP contribution is -2.51. The molecule has 0 bridgehead atoms. The number of amides is 2. The first-order valence-corrected chi connectivity index (χ1v) is 11.3. The van der Waals surface area contributed by atoms with E-state index in [9.17, 15) is 19.5 Å². The normalized spacial score (nSPS) is 14.0. The second kappa shape index (κ2) is 9.03. The van der Waals surface area contributed by atoms with Gasteiger partial charge in [-0.25, -0.2) is 14.6 Å². The third-order valence-corrected chi connectivity index (χ3v) is 6.62. The molecule has 0 aliphatic heterocycles. The van der Waals surface area contributed by atoms with E-state index < -0.39 is 23.5 Å². The number of ether oxygens (including phenoxy) is 1. The van der Waals surface area contributed by atoms with Crippen LogP contribution in [0.5, 0.6) is 0 Å². The zero-order valence-corrected chi connectivity index (χ0v) is 18.9. The van der Waals surface area contributed by atoms with Crippen molar-refractivity contribution in [1.29, 1.82) is 0 Å². The predicted molar refractivity (Wildman–Crippen MR) is 125 cm³/mol. The summed E-state index contributed by atoms with van der Waals surface area (Å²) in [5.41, 5.74) is 3.11. The Morgan fingerprint density at radius 1 is 1.09 bits per heavy atom. The second-order valence-corrected chi connectivity index (χ2v) is 8.79. The van der Waals surface area contributed by atoms with Crippen LogP contribution in [0.3, 0.4) is 0 Å². The summed E-state index contributed by atoms with van der Waals surface area (Å²) in [5.74, 6) is -1.83. The summed E-state index contributed by atoms with van der Waals surface area (Å²) in [5, 5.41) is 16.0. The van der Waals surface area contributed by atoms with E-state index in [2.05, 4.69) is 27.8 Å². The zero-order chi connectivity index (χ0) is 23.6. The fraction of sp³-hybridized carbons (Fsp3) is 0.250. The highest BCUT2D eigenvalue weighted by Gasteiger charge is 2.34. The van der Waals surface area contributed by atoms with Crippen LogP contribution in [0.1, 0.15) is 47.8 Å². The van der Waals surface area contributed by atoms with Crippen LogP contribution in [-0.4, -0.2) is 40.2 Å². The van der Waals surface area contributed by atoms with Gasteiger partial charge >= 0.3 is 12.1 Å². The number of carboxylic acids is 1. The molecule has 3 N–H and O–H groups in total. The molecule has 170 valence electrons. The molecule has 0 fully saturated rings. The Labute approximate surface area is 194 Å². The van der Waals surface area contributed by atoms with Gasteiger partial charge in [0.15, 0.2) is 5.13 Å². The molecule has 0 spiro atoms. The molecular weight excluding hydrogens is 442 g/mol. The number of nitrogens with zero attached hydrogens (tertiary/aromatic N) is 1. The number of aliphatic carboxylic acids is 1. The number of anilines is 1. The van der Waals surface area contributed by atoms with Crippen molar-refractivity contribution in [3.05, 3.63) is 70.7 Å². The quantitative estimate of drug-likeness (QED) is 0.473. The van der Waals surface area contributed by atoms with E-state index in [4.69, 9.17) is 4.74 Å². The molecule has 2 amide bonds. The minimum Gasteiger partial charge on any atom is -0.480 e. The molecule has 1 aliphatic rings. The van der Waals surface area contributed by atoms with Gasteiger partial charge in [-0.2, -0.15) is 0 Å². The fourth-order valence-electron chi connectivity index (χ4n) is 3.76. The highest BCUT2D eigenvalue weighted by molar-refractivity contribution is 7.14. The molecule has 3 aromatic rings. The van der Waals surface area contributed by atoms with Crippen LogP contribution in [0.25, 0.3) is 11.1 Å². The monoisotopic (exact) mass is 465 g/mol. The zero-order valence-electron chi connectivity index (χ0n) is 18.1. The predicted octanol–water partition coefficient (Wildman–Crippen LogP) is 4.49. The third-order valence-electron chi connectivity index (χ3n) is 5.86. The molecule has 0 saturated heterocycles. The molecule has 1 heterocycles. The Hall–Kier alpha value is -3.72. The lowest BCUT2D eigenvalue weighted by molar-refractivity contribution is -0.143. The van der Waals surface area contributed by atoms with Crippen LogP contribution in [0.2, 0.25) is 0 Å². The maximum absolute atomic E-state index is 12.4. The first-order chi connectivity index (χ1) is 15.8. The number of carbonyl (C=O) groups is 3. The smallest absolute Gasteiger partial charge is 0.413 e. The van der Waals surface area contributed by atoms with Gasteiger partial charge in [-0.15, -0.1) is 11.3 Å². The van der Waals surface area contributed by atoms with Crippen molar-refractivity contribution in [3.63, 3.8) is 0 Å². The topological polar surface area (TPSA) is 118 Å². The number of benzene rings is 2. The Morgan fingerprint density at radius 2 is 1.70 bits per heavy atom. The van der Waals surface area contributed by atoms with E-state index >= 15 is 0 Å². The number of hydrogen-bond acceptors (Lipinski definition) is 6. The van der Waals surface area contributed by atoms with E-state index in [-0.39, 0.29) is 29.8 Å². The van der Waals surface area contributed by atoms with Crippen LogP contribution >= 0.6 is 11.3 Å². The average molecular weight is 466 g/mol. The van der Waals surface area contributed by atoms with Crippen LogP contribution in [0.15, 0.2) is 53.9 Å². The maximum atomic E-state index is 12.4. The number of hydrogen-bond donors (Lipinski definition) is 3. The van der Waals surface area contributed by atoms with Crippen LogP contribution in [0, 0.1) is 0 Å². The average Bonchev–Trinajstić information content (AvgIpc) is 3.40. The maximum Gasteiger partial charge on any atom is 0.413 e. The molecule has 4 rings (SSSR count). The van der Waals surface area contributed by atoms with Gasteiger partial charge in [-0.3, -0.25) is 10.1 Å². The molecule has 1 aromatic heterocycles. The molecule has 0 radical (unpaired) electrons. The fourth-order valence-corrected chi connectivity index (χ4v) is 4.44. The number of nitrogens with one attached hydrogen (secondary N) is 2. The van der Waals surface area contributed by atoms with Gasteiger partial charge in [0.2, 0.25) is 0 Å². The van der Waals surface area contributed by atoms with Gasteiger partial charge in [-0.05, 0) is 35.6 Å². The van der Waals surface area contributed by atoms with Crippen molar-refractivity contribution in [2.45, 2.75) is 31.7 Å². The van der Waals surface area contributed by atoms with Crippen molar-refractivity contribution >= 4 is 34.4 Å². The molecule has 1 unspecified atom stereocenters. The molecule has 1 atom stereocenters. The highest BCUT2D eigenvalue weighted by atomic mass is 32.1. The van der Waals surface area contributed by atoms with Gasteiger partial charge in [0.1, 0.15) is 17.8 Å². The minimum absolute atomic E-state index is 0.0230. The summed E-state index contributed by atoms with van der Waals surface area (Å²) in [6.07, 6.45) is -0.467. The number of carbonyl (C=O) groups excluding carboxylic acids is 2. The Bertz CT molecular complexity index is 1180. The summed E-state index contributed by atoms with van der Waals surface area (Å²) in [6.45, 7) is 3.25. The van der Waals surface area contributed by atoms with Crippen molar-refractivity contribution in [2.75, 3.05) is 11.9 Å². The molecule has 9 heteroatoms. The minimum atomic E-state index is -1.40. The summed E-state index contributed by atoms with van der Waals surface area (Å²) >= 11 is 1.05. The summed E-state index contributed by atoms with van der Waals surface area (Å²) < 4.78 is 5.48. The van der Waals surface area contributed by atoms with E-state index in [0.717, 1.165) is 33.6 Å². The summed E-state index contributed by atoms with van der Waals surface area (Å²) in [4.78, 5) is 40.3. The molecule has 1 aliphatic carbocycles. The molecule has 8 nitrogen and oxygen atoms in total. The second-order valence-electron chi connectivity index (χ2n) is 7.93. The van der Waals surface area contributed by atoms with Gasteiger partial charge < -0.3 is 15.2 Å². The van der Waals surface area contributed by atoms with E-state index in [1.807, 2.05) is 36.4 Å². The summed E-state index contributed by atoms with van der Waals surface area (Å²) in [6, 6.07) is 16.1. The van der Waals surface area contributed by atoms with Gasteiger partial charge in [0.25, 0.3) is 5.91 Å². The van der Waals surface area contributed by atoms with Crippen molar-refractivity contribution in [1.82, 2.24) is 10.3 Å². The lowest BCUT2D eigenvalue weighted by atomic mass is 9.98. The van der Waals surface area contributed by atoms with Crippen molar-refractivity contribution < 1.29 is 24.2 Å². The Kier molecular flexibility index (Phi) is 6.15. The number of thiazole rings is 1. The highest BCUT2D eigenvalue weighted by Crippen LogP contribution is 2.44. The summed E-state index contributed by atoms with van der Waals surface area (Å²) in [7, 11) is 0. The van der Waals surface area contributed by atoms with E-state index in [0.29, 0.717) is 0 Å². The third kappa shape index (κ3) is 4.45. The number of aromatic nitrogens is 1. The van der Waals surface area contributed by atoms with Gasteiger partial charge in [0.05, 0.1) is 0 Å².